The topological polar surface area (TPSA) is 158 Å². The molecular weight excluding hydrogens is 328 g/mol. The third-order valence-corrected chi connectivity index (χ3v) is 4.59. The van der Waals surface area contributed by atoms with Crippen LogP contribution in [0.3, 0.4) is 0 Å². The van der Waals surface area contributed by atoms with Gasteiger partial charge in [-0.05, 0) is 0 Å². The molecule has 0 aromatic heterocycles. The summed E-state index contributed by atoms with van der Waals surface area (Å²) in [4.78, 5) is 0. The van der Waals surface area contributed by atoms with E-state index >= 15 is 0 Å². The van der Waals surface area contributed by atoms with Crippen molar-refractivity contribution in [2.24, 2.45) is 5.92 Å². The monoisotopic (exact) mass is 354 g/mol. The smallest absolute Gasteiger partial charge is 0.187 e. The standard InChI is InChI=1S/C14H26O10/c1-5-6(3-15)22-14(10(19)8(5)17)24-12-7(4-16)23-13(21-2)11(20)9(12)18/h5-20H,3-4H2,1-2H3/t5-,6-,7-,8+,9-,10-,11-,12-,13-,14+/m1/s1. The summed E-state index contributed by atoms with van der Waals surface area (Å²) in [6.45, 7) is 0.666. The first kappa shape index (κ1) is 19.9. The molecule has 142 valence electrons. The van der Waals surface area contributed by atoms with E-state index in [4.69, 9.17) is 18.9 Å². The fraction of sp³-hybridized carbons (Fsp3) is 1.00. The van der Waals surface area contributed by atoms with Gasteiger partial charge in [0.25, 0.3) is 0 Å². The Hall–Kier alpha value is -0.400. The third kappa shape index (κ3) is 3.73. The van der Waals surface area contributed by atoms with E-state index in [0.29, 0.717) is 0 Å². The first-order valence-electron chi connectivity index (χ1n) is 7.78. The highest BCUT2D eigenvalue weighted by Gasteiger charge is 2.49. The lowest BCUT2D eigenvalue weighted by Crippen LogP contribution is -2.63. The molecule has 2 aliphatic heterocycles. The molecule has 10 atom stereocenters. The lowest BCUT2D eigenvalue weighted by molar-refractivity contribution is -0.353. The molecule has 24 heavy (non-hydrogen) atoms. The van der Waals surface area contributed by atoms with Crippen molar-refractivity contribution >= 4 is 0 Å². The number of rotatable bonds is 5. The Bertz CT molecular complexity index is 392. The van der Waals surface area contributed by atoms with E-state index in [-0.39, 0.29) is 0 Å². The fourth-order valence-electron chi connectivity index (χ4n) is 2.96. The molecule has 0 amide bonds. The zero-order chi connectivity index (χ0) is 18.0. The van der Waals surface area contributed by atoms with Crippen molar-refractivity contribution in [3.05, 3.63) is 0 Å². The molecule has 0 saturated carbocycles. The van der Waals surface area contributed by atoms with Crippen LogP contribution in [0.2, 0.25) is 0 Å². The molecule has 0 bridgehead atoms. The minimum atomic E-state index is -1.49. The summed E-state index contributed by atoms with van der Waals surface area (Å²) in [5.41, 5.74) is 0. The second-order valence-electron chi connectivity index (χ2n) is 6.11. The maximum atomic E-state index is 10.2. The van der Waals surface area contributed by atoms with E-state index < -0.39 is 74.4 Å². The largest absolute Gasteiger partial charge is 0.394 e. The molecule has 10 heteroatoms. The normalized spacial score (nSPS) is 50.0. The molecule has 2 heterocycles. The van der Waals surface area contributed by atoms with Crippen molar-refractivity contribution in [3.8, 4) is 0 Å². The zero-order valence-corrected chi connectivity index (χ0v) is 13.5. The Morgan fingerprint density at radius 1 is 0.792 bits per heavy atom. The average Bonchev–Trinajstić information content (AvgIpc) is 2.59. The van der Waals surface area contributed by atoms with Gasteiger partial charge in [-0.15, -0.1) is 0 Å². The highest BCUT2D eigenvalue weighted by atomic mass is 16.7. The molecule has 2 aliphatic rings. The number of aliphatic hydroxyl groups excluding tert-OH is 6. The average molecular weight is 354 g/mol. The SMILES string of the molecule is CO[C@@H]1O[C@H](CO)[C@@H](O[C@@H]2O[C@H](CO)[C@@H](C)[C@H](O)[C@H]2O)[C@H](O)[C@H]1O. The molecule has 2 fully saturated rings. The Balaban J connectivity index is 2.12. The Labute approximate surface area is 139 Å². The van der Waals surface area contributed by atoms with E-state index in [9.17, 15) is 30.6 Å². The van der Waals surface area contributed by atoms with Crippen LogP contribution in [0.25, 0.3) is 0 Å². The number of methoxy groups -OCH3 is 1. The summed E-state index contributed by atoms with van der Waals surface area (Å²) in [6.07, 6.45) is -11.2. The molecule has 0 aromatic rings. The molecule has 10 nitrogen and oxygen atoms in total. The van der Waals surface area contributed by atoms with Crippen LogP contribution in [0.5, 0.6) is 0 Å². The first-order chi connectivity index (χ1) is 11.3. The van der Waals surface area contributed by atoms with Gasteiger partial charge in [-0.2, -0.15) is 0 Å². The molecule has 0 spiro atoms. The van der Waals surface area contributed by atoms with Crippen LogP contribution in [-0.2, 0) is 18.9 Å². The molecule has 0 aliphatic carbocycles. The van der Waals surface area contributed by atoms with E-state index in [1.807, 2.05) is 0 Å². The lowest BCUT2D eigenvalue weighted by atomic mass is 9.91. The minimum Gasteiger partial charge on any atom is -0.394 e. The van der Waals surface area contributed by atoms with Gasteiger partial charge in [0.1, 0.15) is 30.5 Å². The fourth-order valence-corrected chi connectivity index (χ4v) is 2.96. The summed E-state index contributed by atoms with van der Waals surface area (Å²) in [6, 6.07) is 0. The number of ether oxygens (including phenoxy) is 4. The van der Waals surface area contributed by atoms with Crippen LogP contribution in [-0.4, -0.2) is 106 Å². The Morgan fingerprint density at radius 3 is 1.88 bits per heavy atom. The summed E-state index contributed by atoms with van der Waals surface area (Å²) in [5.74, 6) is -0.533. The maximum Gasteiger partial charge on any atom is 0.187 e. The van der Waals surface area contributed by atoms with Gasteiger partial charge in [0.15, 0.2) is 12.6 Å². The van der Waals surface area contributed by atoms with E-state index in [2.05, 4.69) is 0 Å². The van der Waals surface area contributed by atoms with Gasteiger partial charge in [-0.3, -0.25) is 0 Å². The van der Waals surface area contributed by atoms with Crippen LogP contribution < -0.4 is 0 Å². The number of hydrogen-bond donors (Lipinski definition) is 6. The predicted octanol–water partition coefficient (Wildman–Crippen LogP) is -3.47. The Morgan fingerprint density at radius 2 is 1.33 bits per heavy atom. The quantitative estimate of drug-likeness (QED) is 0.293. The van der Waals surface area contributed by atoms with Gasteiger partial charge in [-0.25, -0.2) is 0 Å². The van der Waals surface area contributed by atoms with E-state index in [1.54, 1.807) is 6.92 Å². The highest BCUT2D eigenvalue weighted by molar-refractivity contribution is 4.93. The molecule has 0 unspecified atom stereocenters. The second-order valence-corrected chi connectivity index (χ2v) is 6.11. The van der Waals surface area contributed by atoms with E-state index in [0.717, 1.165) is 0 Å². The number of aliphatic hydroxyl groups is 6. The molecule has 0 aromatic carbocycles. The predicted molar refractivity (Wildman–Crippen MR) is 76.6 cm³/mol. The van der Waals surface area contributed by atoms with Crippen molar-refractivity contribution < 1.29 is 49.6 Å². The van der Waals surface area contributed by atoms with Gasteiger partial charge in [0.05, 0.1) is 25.4 Å². The summed E-state index contributed by atoms with van der Waals surface area (Å²) in [7, 11) is 1.27. The van der Waals surface area contributed by atoms with Gasteiger partial charge < -0.3 is 49.6 Å². The maximum absolute atomic E-state index is 10.2. The minimum absolute atomic E-state index is 0.396. The van der Waals surface area contributed by atoms with Gasteiger partial charge in [-0.1, -0.05) is 6.92 Å². The van der Waals surface area contributed by atoms with Crippen molar-refractivity contribution in [2.75, 3.05) is 20.3 Å². The van der Waals surface area contributed by atoms with Crippen LogP contribution in [0.15, 0.2) is 0 Å². The molecular formula is C14H26O10. The van der Waals surface area contributed by atoms with Gasteiger partial charge in [0.2, 0.25) is 0 Å². The lowest BCUT2D eigenvalue weighted by Gasteiger charge is -2.46. The molecule has 2 rings (SSSR count). The van der Waals surface area contributed by atoms with Gasteiger partial charge >= 0.3 is 0 Å². The zero-order valence-electron chi connectivity index (χ0n) is 13.5. The van der Waals surface area contributed by atoms with Crippen molar-refractivity contribution in [2.45, 2.75) is 62.2 Å². The summed E-state index contributed by atoms with van der Waals surface area (Å²) in [5, 5.41) is 59.0. The summed E-state index contributed by atoms with van der Waals surface area (Å²) < 4.78 is 21.1. The first-order valence-corrected chi connectivity index (χ1v) is 7.78. The van der Waals surface area contributed by atoms with Crippen LogP contribution >= 0.6 is 0 Å². The van der Waals surface area contributed by atoms with E-state index in [1.165, 1.54) is 7.11 Å². The number of hydrogen-bond acceptors (Lipinski definition) is 10. The van der Waals surface area contributed by atoms with Gasteiger partial charge in [0, 0.05) is 13.0 Å². The summed E-state index contributed by atoms with van der Waals surface area (Å²) >= 11 is 0. The van der Waals surface area contributed by atoms with Crippen LogP contribution in [0, 0.1) is 5.92 Å². The molecule has 6 N–H and O–H groups in total. The van der Waals surface area contributed by atoms with Crippen LogP contribution in [0.1, 0.15) is 6.92 Å². The van der Waals surface area contributed by atoms with Crippen molar-refractivity contribution in [3.63, 3.8) is 0 Å². The third-order valence-electron chi connectivity index (χ3n) is 4.59. The highest BCUT2D eigenvalue weighted by Crippen LogP contribution is 2.31. The molecule has 2 saturated heterocycles. The van der Waals surface area contributed by atoms with Crippen molar-refractivity contribution in [1.82, 2.24) is 0 Å². The van der Waals surface area contributed by atoms with Crippen LogP contribution in [0.4, 0.5) is 0 Å². The molecule has 0 radical (unpaired) electrons. The second kappa shape index (κ2) is 8.32. The Kier molecular flexibility index (Phi) is 6.90. The van der Waals surface area contributed by atoms with Crippen molar-refractivity contribution in [1.29, 1.82) is 0 Å².